The SMILES string of the molecule is CN(C(=O)C1CC1)c1ccccc1C(=O)N1CCN(c2ccc(F)cc2)CC1. The lowest BCUT2D eigenvalue weighted by Gasteiger charge is -2.36. The molecule has 5 nitrogen and oxygen atoms in total. The van der Waals surface area contributed by atoms with Crippen LogP contribution >= 0.6 is 0 Å². The van der Waals surface area contributed by atoms with E-state index in [2.05, 4.69) is 4.90 Å². The third-order valence-corrected chi connectivity index (χ3v) is 5.51. The molecule has 2 aliphatic rings. The number of anilines is 2. The van der Waals surface area contributed by atoms with Crippen molar-refractivity contribution in [1.82, 2.24) is 4.90 Å². The fourth-order valence-corrected chi connectivity index (χ4v) is 3.66. The molecule has 0 atom stereocenters. The normalized spacial score (nSPS) is 16.8. The van der Waals surface area contributed by atoms with Crippen molar-refractivity contribution in [1.29, 1.82) is 0 Å². The second kappa shape index (κ2) is 7.62. The molecule has 2 fully saturated rings. The van der Waals surface area contributed by atoms with Gasteiger partial charge >= 0.3 is 0 Å². The standard InChI is InChI=1S/C22H24FN3O2/c1-24(21(27)16-6-7-16)20-5-3-2-4-19(20)22(28)26-14-12-25(13-15-26)18-10-8-17(23)9-11-18/h2-5,8-11,16H,6-7,12-15H2,1H3. The maximum Gasteiger partial charge on any atom is 0.256 e. The number of rotatable bonds is 4. The molecular formula is C22H24FN3O2. The number of halogens is 1. The maximum absolute atomic E-state index is 13.1. The van der Waals surface area contributed by atoms with E-state index in [1.165, 1.54) is 12.1 Å². The molecular weight excluding hydrogens is 357 g/mol. The molecule has 2 amide bonds. The Bertz CT molecular complexity index is 872. The van der Waals surface area contributed by atoms with Crippen LogP contribution in [0, 0.1) is 11.7 Å². The van der Waals surface area contributed by atoms with Gasteiger partial charge in [-0.15, -0.1) is 0 Å². The smallest absolute Gasteiger partial charge is 0.256 e. The van der Waals surface area contributed by atoms with Crippen LogP contribution in [0.15, 0.2) is 48.5 Å². The van der Waals surface area contributed by atoms with Crippen molar-refractivity contribution in [3.8, 4) is 0 Å². The van der Waals surface area contributed by atoms with Gasteiger partial charge < -0.3 is 14.7 Å². The van der Waals surface area contributed by atoms with Crippen molar-refractivity contribution in [3.63, 3.8) is 0 Å². The highest BCUT2D eigenvalue weighted by atomic mass is 19.1. The summed E-state index contributed by atoms with van der Waals surface area (Å²) in [5, 5.41) is 0. The van der Waals surface area contributed by atoms with Crippen LogP contribution in [0.4, 0.5) is 15.8 Å². The number of nitrogens with zero attached hydrogens (tertiary/aromatic N) is 3. The minimum Gasteiger partial charge on any atom is -0.368 e. The fourth-order valence-electron chi connectivity index (χ4n) is 3.66. The summed E-state index contributed by atoms with van der Waals surface area (Å²) in [5.41, 5.74) is 2.20. The summed E-state index contributed by atoms with van der Waals surface area (Å²) in [6.07, 6.45) is 1.87. The van der Waals surface area contributed by atoms with Gasteiger partial charge in [0.15, 0.2) is 0 Å². The Balaban J connectivity index is 1.45. The molecule has 1 aliphatic heterocycles. The Labute approximate surface area is 164 Å². The lowest BCUT2D eigenvalue weighted by Crippen LogP contribution is -2.49. The number of carbonyl (C=O) groups excluding carboxylic acids is 2. The summed E-state index contributed by atoms with van der Waals surface area (Å²) in [6.45, 7) is 2.56. The van der Waals surface area contributed by atoms with E-state index in [0.29, 0.717) is 37.4 Å². The van der Waals surface area contributed by atoms with Gasteiger partial charge in [0.05, 0.1) is 11.3 Å². The van der Waals surface area contributed by atoms with Crippen molar-refractivity contribution in [2.75, 3.05) is 43.0 Å². The molecule has 0 radical (unpaired) electrons. The zero-order valence-corrected chi connectivity index (χ0v) is 16.0. The van der Waals surface area contributed by atoms with E-state index in [9.17, 15) is 14.0 Å². The summed E-state index contributed by atoms with van der Waals surface area (Å²) >= 11 is 0. The molecule has 28 heavy (non-hydrogen) atoms. The summed E-state index contributed by atoms with van der Waals surface area (Å²) in [5.74, 6) is -0.113. The predicted molar refractivity (Wildman–Crippen MR) is 107 cm³/mol. The Morgan fingerprint density at radius 1 is 0.964 bits per heavy atom. The minimum atomic E-state index is -0.251. The summed E-state index contributed by atoms with van der Waals surface area (Å²) < 4.78 is 13.1. The Morgan fingerprint density at radius 2 is 1.61 bits per heavy atom. The molecule has 0 N–H and O–H groups in total. The number of amides is 2. The largest absolute Gasteiger partial charge is 0.368 e. The van der Waals surface area contributed by atoms with Gasteiger partial charge in [-0.05, 0) is 49.2 Å². The first-order valence-corrected chi connectivity index (χ1v) is 9.71. The Kier molecular flexibility index (Phi) is 5.03. The van der Waals surface area contributed by atoms with E-state index in [1.807, 2.05) is 23.1 Å². The number of piperazine rings is 1. The Hall–Kier alpha value is -2.89. The molecule has 6 heteroatoms. The third kappa shape index (κ3) is 3.72. The summed E-state index contributed by atoms with van der Waals surface area (Å²) in [6, 6.07) is 13.8. The average Bonchev–Trinajstić information content (AvgIpc) is 3.58. The molecule has 1 heterocycles. The predicted octanol–water partition coefficient (Wildman–Crippen LogP) is 3.16. The van der Waals surface area contributed by atoms with Gasteiger partial charge in [0.25, 0.3) is 5.91 Å². The highest BCUT2D eigenvalue weighted by Gasteiger charge is 2.34. The van der Waals surface area contributed by atoms with Crippen LogP contribution in [0.1, 0.15) is 23.2 Å². The number of benzene rings is 2. The molecule has 0 spiro atoms. The van der Waals surface area contributed by atoms with Crippen LogP contribution in [-0.4, -0.2) is 49.9 Å². The van der Waals surface area contributed by atoms with Crippen molar-refractivity contribution < 1.29 is 14.0 Å². The van der Waals surface area contributed by atoms with Crippen LogP contribution in [0.5, 0.6) is 0 Å². The third-order valence-electron chi connectivity index (χ3n) is 5.51. The number of para-hydroxylation sites is 1. The van der Waals surface area contributed by atoms with E-state index < -0.39 is 0 Å². The van der Waals surface area contributed by atoms with Crippen molar-refractivity contribution >= 4 is 23.2 Å². The van der Waals surface area contributed by atoms with Crippen molar-refractivity contribution in [3.05, 3.63) is 59.9 Å². The monoisotopic (exact) mass is 381 g/mol. The van der Waals surface area contributed by atoms with Crippen molar-refractivity contribution in [2.24, 2.45) is 5.92 Å². The highest BCUT2D eigenvalue weighted by Crippen LogP contribution is 2.33. The van der Waals surface area contributed by atoms with Gasteiger partial charge in [-0.25, -0.2) is 4.39 Å². The highest BCUT2D eigenvalue weighted by molar-refractivity contribution is 6.05. The molecule has 2 aromatic rings. The zero-order chi connectivity index (χ0) is 19.7. The average molecular weight is 381 g/mol. The van der Waals surface area contributed by atoms with Gasteiger partial charge in [0, 0.05) is 44.8 Å². The van der Waals surface area contributed by atoms with E-state index >= 15 is 0 Å². The first-order chi connectivity index (χ1) is 13.5. The molecule has 0 aromatic heterocycles. The molecule has 146 valence electrons. The molecule has 1 saturated heterocycles. The van der Waals surface area contributed by atoms with Crippen LogP contribution in [0.2, 0.25) is 0 Å². The minimum absolute atomic E-state index is 0.0511. The topological polar surface area (TPSA) is 43.9 Å². The fraction of sp³-hybridized carbons (Fsp3) is 0.364. The summed E-state index contributed by atoms with van der Waals surface area (Å²) in [7, 11) is 1.75. The number of hydrogen-bond acceptors (Lipinski definition) is 3. The molecule has 4 rings (SSSR count). The molecule has 1 aliphatic carbocycles. The first-order valence-electron chi connectivity index (χ1n) is 9.71. The maximum atomic E-state index is 13.1. The molecule has 0 bridgehead atoms. The van der Waals surface area contributed by atoms with E-state index in [1.54, 1.807) is 30.1 Å². The summed E-state index contributed by atoms with van der Waals surface area (Å²) in [4.78, 5) is 31.2. The van der Waals surface area contributed by atoms with E-state index in [-0.39, 0.29) is 23.5 Å². The van der Waals surface area contributed by atoms with E-state index in [0.717, 1.165) is 18.5 Å². The van der Waals surface area contributed by atoms with Crippen molar-refractivity contribution in [2.45, 2.75) is 12.8 Å². The molecule has 0 unspecified atom stereocenters. The van der Waals surface area contributed by atoms with Crippen LogP contribution < -0.4 is 9.80 Å². The lowest BCUT2D eigenvalue weighted by atomic mass is 10.1. The molecule has 1 saturated carbocycles. The second-order valence-electron chi connectivity index (χ2n) is 7.44. The number of carbonyl (C=O) groups is 2. The van der Waals surface area contributed by atoms with Gasteiger partial charge in [-0.1, -0.05) is 12.1 Å². The lowest BCUT2D eigenvalue weighted by molar-refractivity contribution is -0.119. The quantitative estimate of drug-likeness (QED) is 0.817. The van der Waals surface area contributed by atoms with Crippen LogP contribution in [-0.2, 0) is 4.79 Å². The van der Waals surface area contributed by atoms with E-state index in [4.69, 9.17) is 0 Å². The zero-order valence-electron chi connectivity index (χ0n) is 16.0. The second-order valence-corrected chi connectivity index (χ2v) is 7.44. The first kappa shape index (κ1) is 18.5. The number of hydrogen-bond donors (Lipinski definition) is 0. The Morgan fingerprint density at radius 3 is 2.25 bits per heavy atom. The van der Waals surface area contributed by atoms with Crippen LogP contribution in [0.3, 0.4) is 0 Å². The van der Waals surface area contributed by atoms with Gasteiger partial charge in [-0.2, -0.15) is 0 Å². The van der Waals surface area contributed by atoms with Gasteiger partial charge in [-0.3, -0.25) is 9.59 Å². The van der Waals surface area contributed by atoms with Gasteiger partial charge in [0.2, 0.25) is 5.91 Å². The molecule has 2 aromatic carbocycles. The van der Waals surface area contributed by atoms with Gasteiger partial charge in [0.1, 0.15) is 5.82 Å². The van der Waals surface area contributed by atoms with Crippen LogP contribution in [0.25, 0.3) is 0 Å².